The van der Waals surface area contributed by atoms with Crippen molar-refractivity contribution in [3.05, 3.63) is 47.0 Å². The Kier molecular flexibility index (Phi) is 6.14. The van der Waals surface area contributed by atoms with Gasteiger partial charge >= 0.3 is 0 Å². The van der Waals surface area contributed by atoms with E-state index in [4.69, 9.17) is 31.5 Å². The summed E-state index contributed by atoms with van der Waals surface area (Å²) in [5.74, 6) is 2.17. The summed E-state index contributed by atoms with van der Waals surface area (Å²) in [6.45, 7) is 0.399. The first kappa shape index (κ1) is 17.7. The molecule has 2 aromatic rings. The van der Waals surface area contributed by atoms with E-state index < -0.39 is 0 Å². The van der Waals surface area contributed by atoms with Gasteiger partial charge in [0.25, 0.3) is 0 Å². The zero-order valence-corrected chi connectivity index (χ0v) is 14.6. The lowest BCUT2D eigenvalue weighted by Crippen LogP contribution is -2.22. The summed E-state index contributed by atoms with van der Waals surface area (Å²) < 4.78 is 15.6. The summed E-state index contributed by atoms with van der Waals surface area (Å²) >= 11 is 6.09. The van der Waals surface area contributed by atoms with Gasteiger partial charge in [-0.05, 0) is 29.8 Å². The average molecular weight is 350 g/mol. The minimum absolute atomic E-state index is 0.286. The number of nitrogens with two attached hydrogens (primary N) is 1. The third-order valence-corrected chi connectivity index (χ3v) is 3.60. The predicted molar refractivity (Wildman–Crippen MR) is 96.5 cm³/mol. The molecule has 0 heterocycles. The van der Waals surface area contributed by atoms with Crippen molar-refractivity contribution in [1.29, 1.82) is 0 Å². The second-order valence-corrected chi connectivity index (χ2v) is 5.27. The minimum Gasteiger partial charge on any atom is -0.495 e. The number of halogens is 1. The molecule has 0 bridgehead atoms. The summed E-state index contributed by atoms with van der Waals surface area (Å²) in [7, 11) is 4.73. The monoisotopic (exact) mass is 349 g/mol. The lowest BCUT2D eigenvalue weighted by atomic mass is 10.2. The molecule has 2 rings (SSSR count). The maximum atomic E-state index is 6.09. The quantitative estimate of drug-likeness (QED) is 0.618. The van der Waals surface area contributed by atoms with Gasteiger partial charge in [-0.3, -0.25) is 0 Å². The number of ether oxygens (including phenoxy) is 3. The van der Waals surface area contributed by atoms with E-state index in [1.165, 1.54) is 0 Å². The van der Waals surface area contributed by atoms with Gasteiger partial charge in [-0.1, -0.05) is 17.7 Å². The van der Waals surface area contributed by atoms with Crippen LogP contribution in [0.2, 0.25) is 5.02 Å². The first-order valence-electron chi connectivity index (χ1n) is 7.18. The third kappa shape index (κ3) is 4.45. The molecule has 0 saturated heterocycles. The fourth-order valence-corrected chi connectivity index (χ4v) is 2.37. The maximum Gasteiger partial charge on any atom is 0.193 e. The highest BCUT2D eigenvalue weighted by Gasteiger charge is 2.05. The summed E-state index contributed by atoms with van der Waals surface area (Å²) in [5, 5.41) is 3.55. The van der Waals surface area contributed by atoms with E-state index in [1.807, 2.05) is 12.1 Å². The van der Waals surface area contributed by atoms with Gasteiger partial charge in [0.05, 0.1) is 32.9 Å². The molecule has 2 aromatic carbocycles. The topological polar surface area (TPSA) is 78.1 Å². The predicted octanol–water partition coefficient (Wildman–Crippen LogP) is 3.29. The SMILES string of the molecule is COc1ccc(CN=C(N)Nc2ccc(OC)c(OC)c2)cc1Cl. The molecule has 0 amide bonds. The number of rotatable bonds is 6. The van der Waals surface area contributed by atoms with Gasteiger partial charge in [-0.15, -0.1) is 0 Å². The smallest absolute Gasteiger partial charge is 0.193 e. The first-order valence-corrected chi connectivity index (χ1v) is 7.56. The van der Waals surface area contributed by atoms with E-state index in [0.29, 0.717) is 28.8 Å². The van der Waals surface area contributed by atoms with Crippen molar-refractivity contribution in [1.82, 2.24) is 0 Å². The number of methoxy groups -OCH3 is 3. The molecule has 0 unspecified atom stereocenters. The van der Waals surface area contributed by atoms with E-state index >= 15 is 0 Å². The Morgan fingerprint density at radius 2 is 1.67 bits per heavy atom. The number of guanidine groups is 1. The summed E-state index contributed by atoms with van der Waals surface area (Å²) in [5.41, 5.74) is 7.60. The zero-order valence-electron chi connectivity index (χ0n) is 13.8. The normalized spacial score (nSPS) is 11.1. The number of nitrogens with zero attached hydrogens (tertiary/aromatic N) is 1. The maximum absolute atomic E-state index is 6.09. The van der Waals surface area contributed by atoms with Crippen LogP contribution < -0.4 is 25.3 Å². The Bertz CT molecular complexity index is 735. The summed E-state index contributed by atoms with van der Waals surface area (Å²) in [4.78, 5) is 4.30. The van der Waals surface area contributed by atoms with Crippen LogP contribution in [0.1, 0.15) is 5.56 Å². The van der Waals surface area contributed by atoms with Crippen LogP contribution in [0.15, 0.2) is 41.4 Å². The number of aliphatic imine (C=N–C) groups is 1. The highest BCUT2D eigenvalue weighted by atomic mass is 35.5. The van der Waals surface area contributed by atoms with Crippen molar-refractivity contribution in [2.24, 2.45) is 10.7 Å². The molecule has 0 aliphatic carbocycles. The molecule has 128 valence electrons. The van der Waals surface area contributed by atoms with E-state index in [0.717, 1.165) is 11.3 Å². The van der Waals surface area contributed by atoms with Crippen LogP contribution in [-0.4, -0.2) is 27.3 Å². The Balaban J connectivity index is 2.05. The van der Waals surface area contributed by atoms with Crippen molar-refractivity contribution >= 4 is 23.2 Å². The Labute approximate surface area is 146 Å². The Morgan fingerprint density at radius 3 is 2.29 bits per heavy atom. The van der Waals surface area contributed by atoms with Crippen LogP contribution in [0.3, 0.4) is 0 Å². The van der Waals surface area contributed by atoms with Gasteiger partial charge in [0.2, 0.25) is 0 Å². The number of benzene rings is 2. The molecular formula is C17H20ClN3O3. The van der Waals surface area contributed by atoms with Gasteiger partial charge in [0.1, 0.15) is 5.75 Å². The molecule has 0 aliphatic heterocycles. The molecule has 6 nitrogen and oxygen atoms in total. The van der Waals surface area contributed by atoms with Crippen LogP contribution >= 0.6 is 11.6 Å². The number of nitrogens with one attached hydrogen (secondary N) is 1. The molecule has 0 fully saturated rings. The second-order valence-electron chi connectivity index (χ2n) is 4.87. The highest BCUT2D eigenvalue weighted by molar-refractivity contribution is 6.32. The highest BCUT2D eigenvalue weighted by Crippen LogP contribution is 2.29. The van der Waals surface area contributed by atoms with E-state index in [1.54, 1.807) is 45.6 Å². The summed E-state index contributed by atoms with van der Waals surface area (Å²) in [6.07, 6.45) is 0. The lowest BCUT2D eigenvalue weighted by molar-refractivity contribution is 0.355. The molecule has 3 N–H and O–H groups in total. The first-order chi connectivity index (χ1) is 11.6. The fourth-order valence-electron chi connectivity index (χ4n) is 2.09. The van der Waals surface area contributed by atoms with Gasteiger partial charge < -0.3 is 25.3 Å². The molecule has 0 radical (unpaired) electrons. The molecule has 0 saturated carbocycles. The fraction of sp³-hybridized carbons (Fsp3) is 0.235. The van der Waals surface area contributed by atoms with E-state index in [2.05, 4.69) is 10.3 Å². The second kappa shape index (κ2) is 8.31. The van der Waals surface area contributed by atoms with Gasteiger partial charge in [-0.2, -0.15) is 0 Å². The number of hydrogen-bond acceptors (Lipinski definition) is 4. The van der Waals surface area contributed by atoms with Crippen molar-refractivity contribution in [2.75, 3.05) is 26.6 Å². The van der Waals surface area contributed by atoms with Crippen molar-refractivity contribution in [2.45, 2.75) is 6.54 Å². The molecule has 0 atom stereocenters. The average Bonchev–Trinajstić information content (AvgIpc) is 2.60. The van der Waals surface area contributed by atoms with E-state index in [-0.39, 0.29) is 5.96 Å². The van der Waals surface area contributed by atoms with Crippen LogP contribution in [0.4, 0.5) is 5.69 Å². The standard InChI is InChI=1S/C17H20ClN3O3/c1-22-14-6-4-11(8-13(14)18)10-20-17(19)21-12-5-7-15(23-2)16(9-12)24-3/h4-9H,10H2,1-3H3,(H3,19,20,21). The molecule has 7 heteroatoms. The Hall–Kier alpha value is -2.60. The molecule has 0 aliphatic rings. The van der Waals surface area contributed by atoms with Crippen molar-refractivity contribution < 1.29 is 14.2 Å². The van der Waals surface area contributed by atoms with Gasteiger partial charge in [0.15, 0.2) is 17.5 Å². The zero-order chi connectivity index (χ0) is 17.5. The van der Waals surface area contributed by atoms with Crippen molar-refractivity contribution in [3.63, 3.8) is 0 Å². The third-order valence-electron chi connectivity index (χ3n) is 3.30. The van der Waals surface area contributed by atoms with Crippen LogP contribution in [0.25, 0.3) is 0 Å². The van der Waals surface area contributed by atoms with Crippen LogP contribution in [0, 0.1) is 0 Å². The van der Waals surface area contributed by atoms with Crippen molar-refractivity contribution in [3.8, 4) is 17.2 Å². The molecule has 24 heavy (non-hydrogen) atoms. The number of anilines is 1. The molecule has 0 aromatic heterocycles. The molecule has 0 spiro atoms. The number of hydrogen-bond donors (Lipinski definition) is 2. The van der Waals surface area contributed by atoms with E-state index in [9.17, 15) is 0 Å². The summed E-state index contributed by atoms with van der Waals surface area (Å²) in [6, 6.07) is 10.9. The Morgan fingerprint density at radius 1 is 1.00 bits per heavy atom. The largest absolute Gasteiger partial charge is 0.495 e. The van der Waals surface area contributed by atoms with Crippen LogP contribution in [-0.2, 0) is 6.54 Å². The van der Waals surface area contributed by atoms with Gasteiger partial charge in [0, 0.05) is 11.8 Å². The molecular weight excluding hydrogens is 330 g/mol. The minimum atomic E-state index is 0.286. The van der Waals surface area contributed by atoms with Gasteiger partial charge in [-0.25, -0.2) is 4.99 Å². The van der Waals surface area contributed by atoms with Crippen LogP contribution in [0.5, 0.6) is 17.2 Å². The lowest BCUT2D eigenvalue weighted by Gasteiger charge is -2.11.